The van der Waals surface area contributed by atoms with Gasteiger partial charge in [0.25, 0.3) is 0 Å². The topological polar surface area (TPSA) is 97.8 Å². The van der Waals surface area contributed by atoms with Crippen LogP contribution in [0.15, 0.2) is 71.8 Å². The number of pyridine rings is 1. The first-order valence-electron chi connectivity index (χ1n) is 10.1. The first kappa shape index (κ1) is 24.5. The SMILES string of the molecule is CCOc1ccc(Oc2cc(CNC(=O)CN(C)S(=O)(=O)c3ccc(Cl)cc3)ccn2)cc1. The standard InChI is InChI=1S/C23H24ClN3O5S/c1-3-31-19-6-8-20(9-7-19)32-23-14-17(12-13-25-23)15-26-22(28)16-27(2)33(29,30)21-10-4-18(24)5-11-21/h4-14H,3,15-16H2,1-2H3,(H,26,28). The van der Waals surface area contributed by atoms with Crippen LogP contribution in [0.1, 0.15) is 12.5 Å². The third-order valence-corrected chi connectivity index (χ3v) is 6.60. The maximum atomic E-state index is 12.6. The van der Waals surface area contributed by atoms with Crippen LogP contribution in [-0.4, -0.2) is 43.8 Å². The van der Waals surface area contributed by atoms with Crippen LogP contribution >= 0.6 is 11.6 Å². The van der Waals surface area contributed by atoms with Crippen molar-refractivity contribution in [3.8, 4) is 17.4 Å². The van der Waals surface area contributed by atoms with E-state index in [0.717, 1.165) is 15.6 Å². The number of halogens is 1. The molecule has 0 fully saturated rings. The van der Waals surface area contributed by atoms with Crippen LogP contribution in [0.3, 0.4) is 0 Å². The molecule has 0 aliphatic rings. The van der Waals surface area contributed by atoms with Gasteiger partial charge in [-0.3, -0.25) is 4.79 Å². The van der Waals surface area contributed by atoms with Crippen molar-refractivity contribution in [2.75, 3.05) is 20.2 Å². The second kappa shape index (κ2) is 11.1. The molecule has 0 unspecified atom stereocenters. The maximum absolute atomic E-state index is 12.6. The van der Waals surface area contributed by atoms with Crippen molar-refractivity contribution < 1.29 is 22.7 Å². The lowest BCUT2D eigenvalue weighted by molar-refractivity contribution is -0.121. The predicted octanol–water partition coefficient (Wildman–Crippen LogP) is 3.86. The Morgan fingerprint density at radius 1 is 1.06 bits per heavy atom. The number of nitrogens with zero attached hydrogens (tertiary/aromatic N) is 2. The predicted molar refractivity (Wildman–Crippen MR) is 125 cm³/mol. The average Bonchev–Trinajstić information content (AvgIpc) is 2.80. The molecule has 2 aromatic carbocycles. The van der Waals surface area contributed by atoms with E-state index >= 15 is 0 Å². The summed E-state index contributed by atoms with van der Waals surface area (Å²) >= 11 is 5.81. The summed E-state index contributed by atoms with van der Waals surface area (Å²) in [6.07, 6.45) is 1.57. The van der Waals surface area contributed by atoms with Crippen molar-refractivity contribution in [3.63, 3.8) is 0 Å². The Balaban J connectivity index is 1.55. The Hall–Kier alpha value is -3.14. The summed E-state index contributed by atoms with van der Waals surface area (Å²) in [6.45, 7) is 2.36. The summed E-state index contributed by atoms with van der Waals surface area (Å²) in [6, 6.07) is 16.4. The summed E-state index contributed by atoms with van der Waals surface area (Å²) in [5.74, 6) is 1.27. The van der Waals surface area contributed by atoms with Crippen LogP contribution in [0.4, 0.5) is 0 Å². The van der Waals surface area contributed by atoms with Crippen LogP contribution in [0.25, 0.3) is 0 Å². The quantitative estimate of drug-likeness (QED) is 0.464. The van der Waals surface area contributed by atoms with Crippen LogP contribution in [0, 0.1) is 0 Å². The zero-order valence-corrected chi connectivity index (χ0v) is 19.8. The molecule has 33 heavy (non-hydrogen) atoms. The lowest BCUT2D eigenvalue weighted by Gasteiger charge is -2.17. The van der Waals surface area contributed by atoms with Gasteiger partial charge in [0.05, 0.1) is 18.0 Å². The second-order valence-corrected chi connectivity index (χ2v) is 9.48. The van der Waals surface area contributed by atoms with Gasteiger partial charge in [-0.05, 0) is 67.1 Å². The Bertz CT molecular complexity index is 1190. The van der Waals surface area contributed by atoms with Crippen LogP contribution < -0.4 is 14.8 Å². The molecule has 1 N–H and O–H groups in total. The fourth-order valence-electron chi connectivity index (χ4n) is 2.84. The van der Waals surface area contributed by atoms with Crippen molar-refractivity contribution in [1.82, 2.24) is 14.6 Å². The Morgan fingerprint density at radius 3 is 2.39 bits per heavy atom. The van der Waals surface area contributed by atoms with Crippen molar-refractivity contribution in [3.05, 3.63) is 77.4 Å². The number of benzene rings is 2. The summed E-state index contributed by atoms with van der Waals surface area (Å²) in [5, 5.41) is 3.14. The van der Waals surface area contributed by atoms with Gasteiger partial charge < -0.3 is 14.8 Å². The van der Waals surface area contributed by atoms with Crippen molar-refractivity contribution >= 4 is 27.5 Å². The summed E-state index contributed by atoms with van der Waals surface area (Å²) in [4.78, 5) is 16.6. The minimum Gasteiger partial charge on any atom is -0.494 e. The molecule has 8 nitrogen and oxygen atoms in total. The number of hydrogen-bond acceptors (Lipinski definition) is 6. The van der Waals surface area contributed by atoms with E-state index < -0.39 is 15.9 Å². The summed E-state index contributed by atoms with van der Waals surface area (Å²) < 4.78 is 37.3. The molecule has 1 aromatic heterocycles. The monoisotopic (exact) mass is 489 g/mol. The minimum absolute atomic E-state index is 0.0624. The summed E-state index contributed by atoms with van der Waals surface area (Å²) in [7, 11) is -2.46. The largest absolute Gasteiger partial charge is 0.494 e. The van der Waals surface area contributed by atoms with Crippen molar-refractivity contribution in [2.24, 2.45) is 0 Å². The lowest BCUT2D eigenvalue weighted by atomic mass is 10.2. The second-order valence-electron chi connectivity index (χ2n) is 7.00. The zero-order valence-electron chi connectivity index (χ0n) is 18.2. The third-order valence-electron chi connectivity index (χ3n) is 4.53. The minimum atomic E-state index is -3.81. The van der Waals surface area contributed by atoms with E-state index in [1.165, 1.54) is 31.3 Å². The lowest BCUT2D eigenvalue weighted by Crippen LogP contribution is -2.38. The Kier molecular flexibility index (Phi) is 8.26. The molecule has 174 valence electrons. The first-order valence-corrected chi connectivity index (χ1v) is 11.9. The molecular formula is C23H24ClN3O5S. The highest BCUT2D eigenvalue weighted by Crippen LogP contribution is 2.23. The molecule has 0 spiro atoms. The van der Waals surface area contributed by atoms with Gasteiger partial charge in [0.1, 0.15) is 11.5 Å². The Labute approximate surface area is 198 Å². The molecule has 0 aliphatic heterocycles. The molecule has 10 heteroatoms. The van der Waals surface area contributed by atoms with E-state index in [1.54, 1.807) is 42.6 Å². The van der Waals surface area contributed by atoms with Crippen molar-refractivity contribution in [2.45, 2.75) is 18.4 Å². The number of aromatic nitrogens is 1. The van der Waals surface area contributed by atoms with E-state index in [9.17, 15) is 13.2 Å². The number of carbonyl (C=O) groups excluding carboxylic acids is 1. The fourth-order valence-corrected chi connectivity index (χ4v) is 4.09. The maximum Gasteiger partial charge on any atom is 0.243 e. The molecule has 3 rings (SSSR count). The number of amides is 1. The van der Waals surface area contributed by atoms with E-state index in [4.69, 9.17) is 21.1 Å². The molecule has 1 amide bonds. The number of likely N-dealkylation sites (N-methyl/N-ethyl adjacent to an activating group) is 1. The van der Waals surface area contributed by atoms with Crippen LogP contribution in [0.5, 0.6) is 17.4 Å². The van der Waals surface area contributed by atoms with Gasteiger partial charge in [-0.2, -0.15) is 4.31 Å². The van der Waals surface area contributed by atoms with Gasteiger partial charge in [0.15, 0.2) is 0 Å². The van der Waals surface area contributed by atoms with Crippen LogP contribution in [-0.2, 0) is 21.4 Å². The molecule has 0 saturated heterocycles. The van der Waals surface area contributed by atoms with Gasteiger partial charge in [0, 0.05) is 30.9 Å². The number of sulfonamides is 1. The zero-order chi connectivity index (χ0) is 23.8. The van der Waals surface area contributed by atoms with Crippen LogP contribution in [0.2, 0.25) is 5.02 Å². The number of ether oxygens (including phenoxy) is 2. The van der Waals surface area contributed by atoms with Gasteiger partial charge >= 0.3 is 0 Å². The van der Waals surface area contributed by atoms with E-state index in [0.29, 0.717) is 23.3 Å². The molecule has 0 aliphatic carbocycles. The number of carbonyl (C=O) groups is 1. The number of nitrogens with one attached hydrogen (secondary N) is 1. The number of rotatable bonds is 10. The normalized spacial score (nSPS) is 11.3. The molecule has 0 bridgehead atoms. The molecule has 0 atom stereocenters. The smallest absolute Gasteiger partial charge is 0.243 e. The van der Waals surface area contributed by atoms with E-state index in [1.807, 2.05) is 6.92 Å². The molecule has 1 heterocycles. The Morgan fingerprint density at radius 2 is 1.73 bits per heavy atom. The fraction of sp³-hybridized carbons (Fsp3) is 0.217. The highest BCUT2D eigenvalue weighted by Gasteiger charge is 2.22. The summed E-state index contributed by atoms with van der Waals surface area (Å²) in [5.41, 5.74) is 0.752. The molecule has 0 radical (unpaired) electrons. The average molecular weight is 490 g/mol. The highest BCUT2D eigenvalue weighted by molar-refractivity contribution is 7.89. The third kappa shape index (κ3) is 6.92. The molecular weight excluding hydrogens is 466 g/mol. The highest BCUT2D eigenvalue weighted by atomic mass is 35.5. The van der Waals surface area contributed by atoms with Gasteiger partial charge in [0.2, 0.25) is 21.8 Å². The van der Waals surface area contributed by atoms with Gasteiger partial charge in [-0.25, -0.2) is 13.4 Å². The molecule has 0 saturated carbocycles. The van der Waals surface area contributed by atoms with Gasteiger partial charge in [-0.1, -0.05) is 11.6 Å². The number of hydrogen-bond donors (Lipinski definition) is 1. The molecule has 3 aromatic rings. The van der Waals surface area contributed by atoms with E-state index in [-0.39, 0.29) is 18.0 Å². The van der Waals surface area contributed by atoms with E-state index in [2.05, 4.69) is 10.3 Å². The van der Waals surface area contributed by atoms with Crippen molar-refractivity contribution in [1.29, 1.82) is 0 Å². The first-order chi connectivity index (χ1) is 15.8. The van der Waals surface area contributed by atoms with Gasteiger partial charge in [-0.15, -0.1) is 0 Å².